The Morgan fingerprint density at radius 1 is 0.800 bits per heavy atom. The number of benzene rings is 3. The fourth-order valence-electron chi connectivity index (χ4n) is 2.94. The van der Waals surface area contributed by atoms with Crippen molar-refractivity contribution in [3.63, 3.8) is 0 Å². The summed E-state index contributed by atoms with van der Waals surface area (Å²) in [5.74, 6) is 0. The van der Waals surface area contributed by atoms with E-state index >= 15 is 0 Å². The van der Waals surface area contributed by atoms with Gasteiger partial charge >= 0.3 is 0 Å². The first-order chi connectivity index (χ1) is 12.2. The van der Waals surface area contributed by atoms with E-state index in [-0.39, 0.29) is 0 Å². The average molecular weight is 345 g/mol. The number of rotatable bonds is 3. The second kappa shape index (κ2) is 6.66. The minimum atomic E-state index is 0.696. The lowest BCUT2D eigenvalue weighted by Crippen LogP contribution is -2.00. The van der Waals surface area contributed by atoms with Gasteiger partial charge in [0.05, 0.1) is 22.4 Å². The van der Waals surface area contributed by atoms with Crippen molar-refractivity contribution in [2.75, 3.05) is 0 Å². The molecule has 0 amide bonds. The molecule has 0 spiro atoms. The molecule has 1 aromatic heterocycles. The molecule has 122 valence electrons. The third kappa shape index (κ3) is 3.40. The Labute approximate surface area is 152 Å². The van der Waals surface area contributed by atoms with Crippen molar-refractivity contribution < 1.29 is 0 Å². The van der Waals surface area contributed by atoms with E-state index in [2.05, 4.69) is 37.3 Å². The molecule has 0 atom stereocenters. The third-order valence-electron chi connectivity index (χ3n) is 4.23. The van der Waals surface area contributed by atoms with Gasteiger partial charge in [0.2, 0.25) is 0 Å². The molecule has 0 radical (unpaired) electrons. The van der Waals surface area contributed by atoms with Crippen LogP contribution in [0.5, 0.6) is 0 Å². The van der Waals surface area contributed by atoms with Crippen molar-refractivity contribution in [1.82, 2.24) is 9.97 Å². The van der Waals surface area contributed by atoms with Gasteiger partial charge in [-0.2, -0.15) is 0 Å². The summed E-state index contributed by atoms with van der Waals surface area (Å²) in [5.41, 5.74) is 7.16. The molecule has 25 heavy (non-hydrogen) atoms. The zero-order valence-electron chi connectivity index (χ0n) is 13.9. The van der Waals surface area contributed by atoms with Gasteiger partial charge in [-0.3, -0.25) is 0 Å². The lowest BCUT2D eigenvalue weighted by Gasteiger charge is -2.11. The predicted molar refractivity (Wildman–Crippen MR) is 104 cm³/mol. The molecule has 0 aliphatic heterocycles. The first-order valence-corrected chi connectivity index (χ1v) is 8.64. The van der Waals surface area contributed by atoms with Crippen molar-refractivity contribution in [3.8, 4) is 11.3 Å². The van der Waals surface area contributed by atoms with Gasteiger partial charge in [-0.1, -0.05) is 65.7 Å². The molecule has 2 nitrogen and oxygen atoms in total. The van der Waals surface area contributed by atoms with Crippen LogP contribution >= 0.6 is 11.6 Å². The summed E-state index contributed by atoms with van der Waals surface area (Å²) in [6.07, 6.45) is 0.696. The van der Waals surface area contributed by atoms with Crippen LogP contribution in [0.1, 0.15) is 16.8 Å². The van der Waals surface area contributed by atoms with Gasteiger partial charge in [0.1, 0.15) is 0 Å². The highest BCUT2D eigenvalue weighted by atomic mass is 35.5. The molecule has 4 rings (SSSR count). The first-order valence-electron chi connectivity index (χ1n) is 8.26. The maximum absolute atomic E-state index is 6.14. The number of aryl methyl sites for hydroxylation is 1. The molecule has 3 heteroatoms. The highest BCUT2D eigenvalue weighted by molar-refractivity contribution is 6.30. The normalized spacial score (nSPS) is 11.0. The second-order valence-electron chi connectivity index (χ2n) is 6.18. The fraction of sp³-hybridized carbons (Fsp3) is 0.0909. The van der Waals surface area contributed by atoms with Crippen LogP contribution in [-0.2, 0) is 6.42 Å². The predicted octanol–water partition coefficient (Wildman–Crippen LogP) is 5.85. The zero-order chi connectivity index (χ0) is 17.2. The molecule has 0 aliphatic carbocycles. The summed E-state index contributed by atoms with van der Waals surface area (Å²) < 4.78 is 0. The van der Waals surface area contributed by atoms with Crippen molar-refractivity contribution in [3.05, 3.63) is 94.6 Å². The standard InChI is InChI=1S/C22H17ClN2/c1-15-9-11-17(12-10-15)22-21(14-16-5-4-6-18(23)13-16)24-19-7-2-3-8-20(19)25-22/h2-13H,14H2,1H3. The number of nitrogens with zero attached hydrogens (tertiary/aromatic N) is 2. The Kier molecular flexibility index (Phi) is 4.21. The molecular weight excluding hydrogens is 328 g/mol. The summed E-state index contributed by atoms with van der Waals surface area (Å²) in [6, 6.07) is 24.3. The smallest absolute Gasteiger partial charge is 0.0928 e. The van der Waals surface area contributed by atoms with E-state index in [0.29, 0.717) is 6.42 Å². The van der Waals surface area contributed by atoms with Gasteiger partial charge in [0, 0.05) is 17.0 Å². The third-order valence-corrected chi connectivity index (χ3v) is 4.46. The average Bonchev–Trinajstić information content (AvgIpc) is 2.62. The molecule has 3 aromatic carbocycles. The Bertz CT molecular complexity index is 1040. The fourth-order valence-corrected chi connectivity index (χ4v) is 3.16. The Morgan fingerprint density at radius 2 is 1.52 bits per heavy atom. The van der Waals surface area contributed by atoms with E-state index in [9.17, 15) is 0 Å². The molecule has 0 N–H and O–H groups in total. The summed E-state index contributed by atoms with van der Waals surface area (Å²) >= 11 is 6.14. The van der Waals surface area contributed by atoms with Crippen molar-refractivity contribution in [2.45, 2.75) is 13.3 Å². The topological polar surface area (TPSA) is 25.8 Å². The highest BCUT2D eigenvalue weighted by Gasteiger charge is 2.12. The molecule has 0 unspecified atom stereocenters. The van der Waals surface area contributed by atoms with Crippen molar-refractivity contribution in [2.24, 2.45) is 0 Å². The van der Waals surface area contributed by atoms with Crippen molar-refractivity contribution in [1.29, 1.82) is 0 Å². The van der Waals surface area contributed by atoms with E-state index in [1.54, 1.807) is 0 Å². The largest absolute Gasteiger partial charge is 0.249 e. The van der Waals surface area contributed by atoms with Crippen LogP contribution in [0.15, 0.2) is 72.8 Å². The molecular formula is C22H17ClN2. The van der Waals surface area contributed by atoms with Gasteiger partial charge in [-0.15, -0.1) is 0 Å². The highest BCUT2D eigenvalue weighted by Crippen LogP contribution is 2.26. The zero-order valence-corrected chi connectivity index (χ0v) is 14.7. The summed E-state index contributed by atoms with van der Waals surface area (Å²) in [5, 5.41) is 0.739. The minimum Gasteiger partial charge on any atom is -0.249 e. The van der Waals surface area contributed by atoms with Crippen LogP contribution in [0.25, 0.3) is 22.3 Å². The minimum absolute atomic E-state index is 0.696. The lowest BCUT2D eigenvalue weighted by atomic mass is 10.0. The van der Waals surface area contributed by atoms with Crippen LogP contribution in [0.2, 0.25) is 5.02 Å². The number of aromatic nitrogens is 2. The number of hydrogen-bond acceptors (Lipinski definition) is 2. The van der Waals surface area contributed by atoms with E-state index in [4.69, 9.17) is 21.6 Å². The number of halogens is 1. The summed E-state index contributed by atoms with van der Waals surface area (Å²) in [6.45, 7) is 2.09. The second-order valence-corrected chi connectivity index (χ2v) is 6.62. The van der Waals surface area contributed by atoms with Gasteiger partial charge in [-0.25, -0.2) is 9.97 Å². The van der Waals surface area contributed by atoms with Crippen molar-refractivity contribution >= 4 is 22.6 Å². The van der Waals surface area contributed by atoms with Gasteiger partial charge < -0.3 is 0 Å². The van der Waals surface area contributed by atoms with Crippen LogP contribution in [0.4, 0.5) is 0 Å². The number of hydrogen-bond donors (Lipinski definition) is 0. The van der Waals surface area contributed by atoms with Gasteiger partial charge in [-0.05, 0) is 36.8 Å². The van der Waals surface area contributed by atoms with Gasteiger partial charge in [0.25, 0.3) is 0 Å². The van der Waals surface area contributed by atoms with E-state index in [1.807, 2.05) is 42.5 Å². The number of para-hydroxylation sites is 2. The SMILES string of the molecule is Cc1ccc(-c2nc3ccccc3nc2Cc2cccc(Cl)c2)cc1. The molecule has 0 saturated carbocycles. The Balaban J connectivity index is 1.87. The maximum Gasteiger partial charge on any atom is 0.0928 e. The Hall–Kier alpha value is -2.71. The van der Waals surface area contributed by atoms with Crippen LogP contribution in [0, 0.1) is 6.92 Å². The molecule has 0 saturated heterocycles. The molecule has 0 aliphatic rings. The monoisotopic (exact) mass is 344 g/mol. The first kappa shape index (κ1) is 15.8. The molecule has 0 fully saturated rings. The van der Waals surface area contributed by atoms with Gasteiger partial charge in [0.15, 0.2) is 0 Å². The molecule has 1 heterocycles. The maximum atomic E-state index is 6.14. The number of fused-ring (bicyclic) bond motifs is 1. The van der Waals surface area contributed by atoms with E-state index < -0.39 is 0 Å². The van der Waals surface area contributed by atoms with Crippen LogP contribution in [-0.4, -0.2) is 9.97 Å². The van der Waals surface area contributed by atoms with Crippen LogP contribution < -0.4 is 0 Å². The summed E-state index contributed by atoms with van der Waals surface area (Å²) in [7, 11) is 0. The Morgan fingerprint density at radius 3 is 2.24 bits per heavy atom. The lowest BCUT2D eigenvalue weighted by molar-refractivity contribution is 1.07. The van der Waals surface area contributed by atoms with E-state index in [1.165, 1.54) is 5.56 Å². The molecule has 0 bridgehead atoms. The van der Waals surface area contributed by atoms with Crippen LogP contribution in [0.3, 0.4) is 0 Å². The molecule has 4 aromatic rings. The quantitative estimate of drug-likeness (QED) is 0.466. The summed E-state index contributed by atoms with van der Waals surface area (Å²) in [4.78, 5) is 9.79. The van der Waals surface area contributed by atoms with E-state index in [0.717, 1.165) is 38.6 Å².